The van der Waals surface area contributed by atoms with Crippen molar-refractivity contribution in [3.8, 4) is 11.1 Å². The summed E-state index contributed by atoms with van der Waals surface area (Å²) in [6.07, 6.45) is 3.50. The molecule has 0 unspecified atom stereocenters. The molecule has 3 aromatic rings. The van der Waals surface area contributed by atoms with E-state index in [1.165, 1.54) is 0 Å². The number of benzene rings is 2. The third-order valence-electron chi connectivity index (χ3n) is 7.97. The molecular formula is C32H39ClN4O4. The molecule has 2 amide bonds. The van der Waals surface area contributed by atoms with Crippen molar-refractivity contribution >= 4 is 23.6 Å². The first kappa shape index (κ1) is 30.5. The molecule has 0 aliphatic carbocycles. The van der Waals surface area contributed by atoms with Gasteiger partial charge in [-0.3, -0.25) is 4.79 Å². The van der Waals surface area contributed by atoms with E-state index in [0.29, 0.717) is 54.2 Å². The van der Waals surface area contributed by atoms with Crippen molar-refractivity contribution in [1.29, 1.82) is 0 Å². The van der Waals surface area contributed by atoms with E-state index in [-0.39, 0.29) is 18.4 Å². The van der Waals surface area contributed by atoms with Gasteiger partial charge in [0.2, 0.25) is 0 Å². The van der Waals surface area contributed by atoms with Crippen molar-refractivity contribution in [3.63, 3.8) is 0 Å². The molecule has 2 atom stereocenters. The Balaban J connectivity index is 1.69. The van der Waals surface area contributed by atoms with Crippen LogP contribution in [0.5, 0.6) is 0 Å². The van der Waals surface area contributed by atoms with E-state index in [9.17, 15) is 14.7 Å². The molecule has 41 heavy (non-hydrogen) atoms. The molecule has 1 aliphatic heterocycles. The summed E-state index contributed by atoms with van der Waals surface area (Å²) in [5, 5.41) is 27.5. The number of aryl methyl sites for hydroxylation is 1. The van der Waals surface area contributed by atoms with Gasteiger partial charge in [-0.2, -0.15) is 0 Å². The fourth-order valence-electron chi connectivity index (χ4n) is 5.83. The second-order valence-electron chi connectivity index (χ2n) is 10.7. The summed E-state index contributed by atoms with van der Waals surface area (Å²) in [5.74, 6) is -0.357. The zero-order valence-electron chi connectivity index (χ0n) is 23.7. The highest BCUT2D eigenvalue weighted by Gasteiger charge is 2.43. The zero-order chi connectivity index (χ0) is 29.4. The minimum Gasteiger partial charge on any atom is -0.465 e. The highest BCUT2D eigenvalue weighted by molar-refractivity contribution is 6.32. The number of aliphatic hydroxyl groups is 1. The van der Waals surface area contributed by atoms with Crippen LogP contribution in [0.4, 0.5) is 4.79 Å². The Hall–Kier alpha value is -3.46. The summed E-state index contributed by atoms with van der Waals surface area (Å²) < 4.78 is 0. The predicted molar refractivity (Wildman–Crippen MR) is 161 cm³/mol. The molecule has 1 fully saturated rings. The van der Waals surface area contributed by atoms with Crippen LogP contribution in [0.15, 0.2) is 60.8 Å². The lowest BCUT2D eigenvalue weighted by Crippen LogP contribution is -2.48. The van der Waals surface area contributed by atoms with Gasteiger partial charge in [0.25, 0.3) is 5.91 Å². The van der Waals surface area contributed by atoms with Gasteiger partial charge in [0.05, 0.1) is 5.60 Å². The van der Waals surface area contributed by atoms with Crippen LogP contribution in [0.25, 0.3) is 11.1 Å². The Morgan fingerprint density at radius 1 is 1.15 bits per heavy atom. The van der Waals surface area contributed by atoms with Crippen LogP contribution in [0.3, 0.4) is 0 Å². The van der Waals surface area contributed by atoms with Crippen molar-refractivity contribution in [2.45, 2.75) is 51.2 Å². The number of aromatic nitrogens is 1. The van der Waals surface area contributed by atoms with E-state index in [1.54, 1.807) is 6.20 Å². The van der Waals surface area contributed by atoms with Gasteiger partial charge in [0, 0.05) is 49.4 Å². The van der Waals surface area contributed by atoms with Crippen LogP contribution in [-0.4, -0.2) is 58.8 Å². The van der Waals surface area contributed by atoms with Crippen molar-refractivity contribution in [1.82, 2.24) is 20.5 Å². The summed E-state index contributed by atoms with van der Waals surface area (Å²) in [5.41, 5.74) is 3.66. The molecule has 1 aliphatic rings. The monoisotopic (exact) mass is 578 g/mol. The molecule has 9 heteroatoms. The number of hydrogen-bond donors (Lipinski definition) is 4. The average Bonchev–Trinajstić information content (AvgIpc) is 2.99. The predicted octanol–water partition coefficient (Wildman–Crippen LogP) is 5.47. The number of likely N-dealkylation sites (tertiary alicyclic amines) is 1. The third kappa shape index (κ3) is 7.25. The lowest BCUT2D eigenvalue weighted by atomic mass is 9.72. The van der Waals surface area contributed by atoms with E-state index in [2.05, 4.69) is 28.6 Å². The number of rotatable bonds is 11. The van der Waals surface area contributed by atoms with E-state index in [0.717, 1.165) is 36.1 Å². The number of carbonyl (C=O) groups excluding carboxylic acids is 1. The first-order chi connectivity index (χ1) is 19.8. The smallest absolute Gasteiger partial charge is 0.404 e. The summed E-state index contributed by atoms with van der Waals surface area (Å²) in [6.45, 7) is 3.98. The topological polar surface area (TPSA) is 115 Å². The van der Waals surface area contributed by atoms with Gasteiger partial charge >= 0.3 is 6.09 Å². The SMILES string of the molecule is CCc1cccc(-c2c([C@](O)(CCCNC(=O)O)[C@@H]3CCCN(C(=O)c4ccc(CNC)cc4)C3)ccnc2Cl)c1. The number of pyridine rings is 1. The number of amides is 2. The van der Waals surface area contributed by atoms with Gasteiger partial charge in [0.15, 0.2) is 0 Å². The minimum atomic E-state index is -1.38. The molecule has 2 aromatic carbocycles. The average molecular weight is 579 g/mol. The number of halogens is 1. The normalized spacial score (nSPS) is 16.7. The van der Waals surface area contributed by atoms with Crippen molar-refractivity contribution in [2.75, 3.05) is 26.7 Å². The Morgan fingerprint density at radius 2 is 1.93 bits per heavy atom. The lowest BCUT2D eigenvalue weighted by Gasteiger charge is -2.43. The second kappa shape index (κ2) is 13.9. The van der Waals surface area contributed by atoms with Gasteiger partial charge < -0.3 is 25.7 Å². The second-order valence-corrected chi connectivity index (χ2v) is 11.0. The van der Waals surface area contributed by atoms with Gasteiger partial charge in [-0.05, 0) is 79.6 Å². The van der Waals surface area contributed by atoms with Crippen LogP contribution in [-0.2, 0) is 18.6 Å². The van der Waals surface area contributed by atoms with Crippen LogP contribution in [0, 0.1) is 5.92 Å². The fraction of sp³-hybridized carbons (Fsp3) is 0.406. The van der Waals surface area contributed by atoms with Crippen molar-refractivity contribution in [3.05, 3.63) is 88.2 Å². The van der Waals surface area contributed by atoms with Gasteiger partial charge in [-0.25, -0.2) is 9.78 Å². The van der Waals surface area contributed by atoms with E-state index in [4.69, 9.17) is 16.7 Å². The molecule has 2 heterocycles. The van der Waals surface area contributed by atoms with Crippen LogP contribution >= 0.6 is 11.6 Å². The highest BCUT2D eigenvalue weighted by atomic mass is 35.5. The van der Waals surface area contributed by atoms with Gasteiger partial charge in [0.1, 0.15) is 5.15 Å². The molecule has 1 saturated heterocycles. The van der Waals surface area contributed by atoms with E-state index in [1.807, 2.05) is 60.5 Å². The van der Waals surface area contributed by atoms with Crippen LogP contribution in [0.2, 0.25) is 5.15 Å². The Bertz CT molecular complexity index is 1350. The summed E-state index contributed by atoms with van der Waals surface area (Å²) in [7, 11) is 1.88. The van der Waals surface area contributed by atoms with Crippen LogP contribution < -0.4 is 10.6 Å². The maximum absolute atomic E-state index is 13.5. The fourth-order valence-corrected chi connectivity index (χ4v) is 6.10. The molecule has 0 spiro atoms. The number of carboxylic acid groups (broad SMARTS) is 1. The lowest BCUT2D eigenvalue weighted by molar-refractivity contribution is -0.0563. The summed E-state index contributed by atoms with van der Waals surface area (Å²) in [6, 6.07) is 17.5. The van der Waals surface area contributed by atoms with Gasteiger partial charge in [-0.15, -0.1) is 0 Å². The number of piperidine rings is 1. The maximum Gasteiger partial charge on any atom is 0.404 e. The molecule has 4 rings (SSSR count). The summed E-state index contributed by atoms with van der Waals surface area (Å²) >= 11 is 6.72. The molecular weight excluding hydrogens is 540 g/mol. The highest BCUT2D eigenvalue weighted by Crippen LogP contribution is 2.45. The third-order valence-corrected chi connectivity index (χ3v) is 8.26. The molecule has 0 bridgehead atoms. The quantitative estimate of drug-likeness (QED) is 0.177. The Labute approximate surface area is 246 Å². The zero-order valence-corrected chi connectivity index (χ0v) is 24.5. The molecule has 8 nitrogen and oxygen atoms in total. The van der Waals surface area contributed by atoms with E-state index < -0.39 is 11.7 Å². The molecule has 4 N–H and O–H groups in total. The van der Waals surface area contributed by atoms with Crippen molar-refractivity contribution in [2.24, 2.45) is 5.92 Å². The van der Waals surface area contributed by atoms with Crippen molar-refractivity contribution < 1.29 is 19.8 Å². The first-order valence-corrected chi connectivity index (χ1v) is 14.6. The molecule has 218 valence electrons. The molecule has 0 saturated carbocycles. The number of hydrogen-bond acceptors (Lipinski definition) is 5. The first-order valence-electron chi connectivity index (χ1n) is 14.2. The largest absolute Gasteiger partial charge is 0.465 e. The minimum absolute atomic E-state index is 0.0655. The Kier molecular flexibility index (Phi) is 10.4. The van der Waals surface area contributed by atoms with E-state index >= 15 is 0 Å². The Morgan fingerprint density at radius 3 is 2.63 bits per heavy atom. The number of nitrogens with one attached hydrogen (secondary N) is 2. The standard InChI is InChI=1S/C32H39ClN4O4/c1-3-22-7-4-8-25(19-22)28-27(14-17-35-29(28)33)32(41,15-6-16-36-31(39)40)26-9-5-18-37(21-26)30(38)24-12-10-23(11-13-24)20-34-2/h4,7-8,10-14,17,19,26,34,36,41H,3,5-6,9,15-16,18,20-21H2,1-2H3,(H,39,40)/t26-,32+/m1/s1. The molecule has 0 radical (unpaired) electrons. The number of nitrogens with zero attached hydrogens (tertiary/aromatic N) is 2. The summed E-state index contributed by atoms with van der Waals surface area (Å²) in [4.78, 5) is 30.8. The van der Waals surface area contributed by atoms with Gasteiger partial charge in [-0.1, -0.05) is 54.9 Å². The maximum atomic E-state index is 13.5. The van der Waals surface area contributed by atoms with Crippen LogP contribution in [0.1, 0.15) is 59.7 Å². The molecule has 1 aromatic heterocycles. The number of carbonyl (C=O) groups is 2.